The molecule has 2 heterocycles. The third kappa shape index (κ3) is 5.28. The van der Waals surface area contributed by atoms with Crippen LogP contribution >= 0.6 is 0 Å². The number of para-hydroxylation sites is 1. The number of hydrogen-bond acceptors (Lipinski definition) is 3. The maximum Gasteiger partial charge on any atom is 0.145 e. The molecule has 258 valence electrons. The van der Waals surface area contributed by atoms with Crippen molar-refractivity contribution in [2.24, 2.45) is 0 Å². The molecule has 0 bridgehead atoms. The number of fused-ring (bicyclic) bond motifs is 7. The zero-order chi connectivity index (χ0) is 36.3. The quantitative estimate of drug-likeness (QED) is 0.173. The van der Waals surface area contributed by atoms with Crippen molar-refractivity contribution in [2.45, 2.75) is 0 Å². The van der Waals surface area contributed by atoms with Crippen LogP contribution in [0.5, 0.6) is 0 Å². The van der Waals surface area contributed by atoms with Crippen molar-refractivity contribution in [3.63, 3.8) is 0 Å². The summed E-state index contributed by atoms with van der Waals surface area (Å²) in [6, 6.07) is 70.9. The highest BCUT2D eigenvalue weighted by molar-refractivity contribution is 6.17. The van der Waals surface area contributed by atoms with Gasteiger partial charge in [-0.15, -0.1) is 0 Å². The van der Waals surface area contributed by atoms with Gasteiger partial charge in [0.05, 0.1) is 11.1 Å². The number of hydrogen-bond donors (Lipinski definition) is 0. The molecule has 0 saturated heterocycles. The summed E-state index contributed by atoms with van der Waals surface area (Å²) in [6.07, 6.45) is 0. The fourth-order valence-corrected chi connectivity index (χ4v) is 8.16. The Labute approximate surface area is 317 Å². The van der Waals surface area contributed by atoms with Crippen LogP contribution in [-0.2, 0) is 0 Å². The molecule has 3 heteroatoms. The molecule has 0 amide bonds. The number of anilines is 3. The second kappa shape index (κ2) is 12.6. The van der Waals surface area contributed by atoms with Crippen LogP contribution in [0.1, 0.15) is 0 Å². The van der Waals surface area contributed by atoms with Gasteiger partial charge >= 0.3 is 0 Å². The zero-order valence-corrected chi connectivity index (χ0v) is 29.8. The van der Waals surface area contributed by atoms with E-state index in [0.717, 1.165) is 77.6 Å². The molecular weight excluding hydrogens is 671 g/mol. The third-order valence-corrected chi connectivity index (χ3v) is 10.9. The first kappa shape index (κ1) is 31.2. The summed E-state index contributed by atoms with van der Waals surface area (Å²) in [5.74, 6) is 0. The molecule has 0 N–H and O–H groups in total. The summed E-state index contributed by atoms with van der Waals surface area (Å²) in [5, 5.41) is 6.77. The number of nitrogens with zero attached hydrogens (tertiary/aromatic N) is 1. The van der Waals surface area contributed by atoms with Crippen LogP contribution in [0.15, 0.2) is 209 Å². The first-order valence-corrected chi connectivity index (χ1v) is 18.7. The van der Waals surface area contributed by atoms with Gasteiger partial charge in [0.15, 0.2) is 0 Å². The average Bonchev–Trinajstić information content (AvgIpc) is 3.83. The van der Waals surface area contributed by atoms with Crippen LogP contribution in [0.4, 0.5) is 17.1 Å². The number of furan rings is 2. The lowest BCUT2D eigenvalue weighted by Gasteiger charge is -2.27. The second-order valence-corrected chi connectivity index (χ2v) is 14.1. The Bertz CT molecular complexity index is 3190. The van der Waals surface area contributed by atoms with Gasteiger partial charge in [0, 0.05) is 33.1 Å². The summed E-state index contributed by atoms with van der Waals surface area (Å²) in [7, 11) is 0. The first-order chi connectivity index (χ1) is 27.2. The van der Waals surface area contributed by atoms with Crippen LogP contribution in [-0.4, -0.2) is 0 Å². The Kier molecular flexibility index (Phi) is 7.17. The SMILES string of the molecule is c1ccc(-c2ccc3c(c2)oc2ccc(N(c4ccc(-c5ccc6ccccc6c5)cc4)c4ccc(-c5ccccc5)c5oc6ccccc6c45)cc23)cc1. The topological polar surface area (TPSA) is 29.5 Å². The van der Waals surface area contributed by atoms with E-state index in [4.69, 9.17) is 8.83 Å². The van der Waals surface area contributed by atoms with Crippen molar-refractivity contribution >= 4 is 71.7 Å². The summed E-state index contributed by atoms with van der Waals surface area (Å²) < 4.78 is 13.2. The summed E-state index contributed by atoms with van der Waals surface area (Å²) >= 11 is 0. The van der Waals surface area contributed by atoms with Crippen molar-refractivity contribution < 1.29 is 8.83 Å². The van der Waals surface area contributed by atoms with E-state index in [1.165, 1.54) is 27.5 Å². The smallest absolute Gasteiger partial charge is 0.145 e. The van der Waals surface area contributed by atoms with Gasteiger partial charge < -0.3 is 13.7 Å². The lowest BCUT2D eigenvalue weighted by Crippen LogP contribution is -2.10. The molecule has 0 unspecified atom stereocenters. The molecule has 0 aliphatic rings. The normalized spacial score (nSPS) is 11.6. The van der Waals surface area contributed by atoms with Crippen LogP contribution in [0.25, 0.3) is 88.0 Å². The number of rotatable bonds is 6. The maximum atomic E-state index is 6.73. The molecule has 0 atom stereocenters. The molecule has 55 heavy (non-hydrogen) atoms. The van der Waals surface area contributed by atoms with E-state index < -0.39 is 0 Å². The van der Waals surface area contributed by atoms with Gasteiger partial charge in [0.1, 0.15) is 22.3 Å². The first-order valence-electron chi connectivity index (χ1n) is 18.7. The standard InChI is InChI=1S/C52H33NO2/c1-3-11-34(12-4-1)40-23-27-44-46-33-42(26-30-49(46)54-50(44)32-40)53(41-24-21-36(22-25-41)39-20-19-35-13-7-8-16-38(35)31-39)47-29-28-43(37-14-5-2-6-15-37)52-51(47)45-17-9-10-18-48(45)55-52/h1-33H. The molecule has 9 aromatic carbocycles. The van der Waals surface area contributed by atoms with Gasteiger partial charge in [-0.2, -0.15) is 0 Å². The predicted molar refractivity (Wildman–Crippen MR) is 229 cm³/mol. The fourth-order valence-electron chi connectivity index (χ4n) is 8.16. The van der Waals surface area contributed by atoms with E-state index >= 15 is 0 Å². The maximum absolute atomic E-state index is 6.73. The molecule has 0 aliphatic carbocycles. The molecule has 0 fully saturated rings. The van der Waals surface area contributed by atoms with E-state index in [-0.39, 0.29) is 0 Å². The minimum atomic E-state index is 0.855. The van der Waals surface area contributed by atoms with Crippen molar-refractivity contribution in [1.82, 2.24) is 0 Å². The highest BCUT2D eigenvalue weighted by Crippen LogP contribution is 2.47. The highest BCUT2D eigenvalue weighted by atomic mass is 16.3. The molecule has 0 spiro atoms. The van der Waals surface area contributed by atoms with E-state index in [1.54, 1.807) is 0 Å². The Hall–Kier alpha value is -7.36. The molecular formula is C52H33NO2. The molecule has 0 saturated carbocycles. The average molecular weight is 704 g/mol. The van der Waals surface area contributed by atoms with Gasteiger partial charge in [0.2, 0.25) is 0 Å². The Balaban J connectivity index is 1.12. The van der Waals surface area contributed by atoms with Gasteiger partial charge in [-0.25, -0.2) is 0 Å². The van der Waals surface area contributed by atoms with E-state index in [1.807, 2.05) is 12.1 Å². The molecule has 11 rings (SSSR count). The second-order valence-electron chi connectivity index (χ2n) is 14.1. The van der Waals surface area contributed by atoms with E-state index in [9.17, 15) is 0 Å². The summed E-state index contributed by atoms with van der Waals surface area (Å²) in [4.78, 5) is 2.36. The van der Waals surface area contributed by atoms with Gasteiger partial charge in [-0.05, 0) is 105 Å². The minimum absolute atomic E-state index is 0.855. The van der Waals surface area contributed by atoms with Crippen LogP contribution in [0.3, 0.4) is 0 Å². The molecule has 3 nitrogen and oxygen atoms in total. The molecule has 11 aromatic rings. The monoisotopic (exact) mass is 703 g/mol. The van der Waals surface area contributed by atoms with Crippen LogP contribution in [0, 0.1) is 0 Å². The third-order valence-electron chi connectivity index (χ3n) is 10.9. The largest absolute Gasteiger partial charge is 0.456 e. The Morgan fingerprint density at radius 3 is 1.80 bits per heavy atom. The Morgan fingerprint density at radius 2 is 0.964 bits per heavy atom. The van der Waals surface area contributed by atoms with Crippen LogP contribution in [0.2, 0.25) is 0 Å². The minimum Gasteiger partial charge on any atom is -0.456 e. The van der Waals surface area contributed by atoms with E-state index in [2.05, 4.69) is 193 Å². The lowest BCUT2D eigenvalue weighted by molar-refractivity contribution is 0.669. The molecule has 0 radical (unpaired) electrons. The van der Waals surface area contributed by atoms with Crippen LogP contribution < -0.4 is 4.90 Å². The van der Waals surface area contributed by atoms with Crippen molar-refractivity contribution in [3.05, 3.63) is 200 Å². The molecule has 2 aromatic heterocycles. The number of benzene rings is 9. The van der Waals surface area contributed by atoms with Gasteiger partial charge in [-0.1, -0.05) is 133 Å². The highest BCUT2D eigenvalue weighted by Gasteiger charge is 2.23. The van der Waals surface area contributed by atoms with Crippen molar-refractivity contribution in [1.29, 1.82) is 0 Å². The zero-order valence-electron chi connectivity index (χ0n) is 29.8. The van der Waals surface area contributed by atoms with Crippen molar-refractivity contribution in [2.75, 3.05) is 4.90 Å². The predicted octanol–water partition coefficient (Wildman–Crippen LogP) is 15.1. The fraction of sp³-hybridized carbons (Fsp3) is 0. The van der Waals surface area contributed by atoms with Gasteiger partial charge in [-0.3, -0.25) is 0 Å². The van der Waals surface area contributed by atoms with Crippen molar-refractivity contribution in [3.8, 4) is 33.4 Å². The van der Waals surface area contributed by atoms with Gasteiger partial charge in [0.25, 0.3) is 0 Å². The summed E-state index contributed by atoms with van der Waals surface area (Å²) in [5.41, 5.74) is 13.4. The lowest BCUT2D eigenvalue weighted by atomic mass is 9.99. The van der Waals surface area contributed by atoms with E-state index in [0.29, 0.717) is 0 Å². The Morgan fingerprint density at radius 1 is 0.327 bits per heavy atom. The molecule has 0 aliphatic heterocycles. The summed E-state index contributed by atoms with van der Waals surface area (Å²) in [6.45, 7) is 0.